The van der Waals surface area contributed by atoms with E-state index in [2.05, 4.69) is 27.5 Å². The molecule has 1 amide bonds. The highest BCUT2D eigenvalue weighted by Crippen LogP contribution is 2.36. The number of nitrogens with zero attached hydrogens (tertiary/aromatic N) is 2. The molecule has 2 rings (SSSR count). The van der Waals surface area contributed by atoms with Crippen molar-refractivity contribution in [2.75, 3.05) is 31.4 Å². The van der Waals surface area contributed by atoms with Crippen molar-refractivity contribution < 1.29 is 14.3 Å². The van der Waals surface area contributed by atoms with E-state index in [-0.39, 0.29) is 11.6 Å². The van der Waals surface area contributed by atoms with Gasteiger partial charge in [-0.15, -0.1) is 0 Å². The van der Waals surface area contributed by atoms with Crippen LogP contribution in [0.3, 0.4) is 0 Å². The first kappa shape index (κ1) is 19.8. The number of amides is 1. The summed E-state index contributed by atoms with van der Waals surface area (Å²) in [5.74, 6) is 1.09. The second kappa shape index (κ2) is 9.82. The Balaban J connectivity index is 2.12. The zero-order valence-electron chi connectivity index (χ0n) is 15.1. The van der Waals surface area contributed by atoms with E-state index in [1.165, 1.54) is 20.5 Å². The standard InChI is InChI=1S/C18H23ClN4O3/c1-4-5-6-7-20-17-10-14(21-11-22-17)18(24)23-13-9-15(25-2)12(19)8-16(13)26-3/h8-11H,4-7H2,1-3H3,(H,23,24)(H,20,21,22). The number of anilines is 2. The summed E-state index contributed by atoms with van der Waals surface area (Å²) in [6, 6.07) is 4.79. The van der Waals surface area contributed by atoms with Crippen LogP contribution in [-0.2, 0) is 0 Å². The minimum Gasteiger partial charge on any atom is -0.495 e. The third kappa shape index (κ3) is 5.23. The summed E-state index contributed by atoms with van der Waals surface area (Å²) in [7, 11) is 3.00. The van der Waals surface area contributed by atoms with E-state index in [0.29, 0.717) is 28.0 Å². The first-order valence-electron chi connectivity index (χ1n) is 8.37. The fraction of sp³-hybridized carbons (Fsp3) is 0.389. The largest absolute Gasteiger partial charge is 0.495 e. The molecule has 0 saturated carbocycles. The van der Waals surface area contributed by atoms with Crippen LogP contribution in [0.2, 0.25) is 5.02 Å². The molecular weight excluding hydrogens is 356 g/mol. The highest BCUT2D eigenvalue weighted by molar-refractivity contribution is 6.32. The maximum absolute atomic E-state index is 12.5. The summed E-state index contributed by atoms with van der Waals surface area (Å²) in [6.45, 7) is 2.95. The van der Waals surface area contributed by atoms with Gasteiger partial charge < -0.3 is 20.1 Å². The van der Waals surface area contributed by atoms with E-state index in [1.807, 2.05) is 0 Å². The monoisotopic (exact) mass is 378 g/mol. The van der Waals surface area contributed by atoms with Crippen molar-refractivity contribution in [2.24, 2.45) is 0 Å². The normalized spacial score (nSPS) is 10.3. The minimum absolute atomic E-state index is 0.244. The first-order valence-corrected chi connectivity index (χ1v) is 8.75. The Bertz CT molecular complexity index is 755. The molecule has 0 aliphatic heterocycles. The molecule has 0 atom stereocenters. The number of halogens is 1. The molecule has 1 heterocycles. The molecule has 0 saturated heterocycles. The summed E-state index contributed by atoms with van der Waals surface area (Å²) in [4.78, 5) is 20.7. The number of carbonyl (C=O) groups is 1. The van der Waals surface area contributed by atoms with E-state index >= 15 is 0 Å². The topological polar surface area (TPSA) is 85.4 Å². The zero-order chi connectivity index (χ0) is 18.9. The lowest BCUT2D eigenvalue weighted by atomic mass is 10.2. The van der Waals surface area contributed by atoms with E-state index in [4.69, 9.17) is 21.1 Å². The Kier molecular flexibility index (Phi) is 7.47. The Morgan fingerprint density at radius 2 is 1.88 bits per heavy atom. The Labute approximate surface area is 158 Å². The van der Waals surface area contributed by atoms with Crippen LogP contribution in [0.1, 0.15) is 36.7 Å². The second-order valence-corrected chi connectivity index (χ2v) is 5.97. The third-order valence-electron chi connectivity index (χ3n) is 3.71. The van der Waals surface area contributed by atoms with Gasteiger partial charge in [0, 0.05) is 24.7 Å². The van der Waals surface area contributed by atoms with Gasteiger partial charge in [0.05, 0.1) is 24.9 Å². The molecule has 0 bridgehead atoms. The van der Waals surface area contributed by atoms with Crippen molar-refractivity contribution in [3.05, 3.63) is 35.2 Å². The third-order valence-corrected chi connectivity index (χ3v) is 4.00. The van der Waals surface area contributed by atoms with Gasteiger partial charge in [-0.25, -0.2) is 9.97 Å². The molecule has 0 spiro atoms. The maximum atomic E-state index is 12.5. The molecular formula is C18H23ClN4O3. The van der Waals surface area contributed by atoms with Gasteiger partial charge in [-0.2, -0.15) is 0 Å². The van der Waals surface area contributed by atoms with Gasteiger partial charge in [-0.1, -0.05) is 31.4 Å². The van der Waals surface area contributed by atoms with Gasteiger partial charge in [0.25, 0.3) is 5.91 Å². The molecule has 2 N–H and O–H groups in total. The van der Waals surface area contributed by atoms with Crippen LogP contribution in [0.5, 0.6) is 11.5 Å². The number of aromatic nitrogens is 2. The van der Waals surface area contributed by atoms with Gasteiger partial charge in [0.15, 0.2) is 0 Å². The van der Waals surface area contributed by atoms with Gasteiger partial charge in [-0.05, 0) is 6.42 Å². The summed E-state index contributed by atoms with van der Waals surface area (Å²) in [5, 5.41) is 6.35. The predicted octanol–water partition coefficient (Wildman–Crippen LogP) is 4.00. The molecule has 0 unspecified atom stereocenters. The highest BCUT2D eigenvalue weighted by atomic mass is 35.5. The number of rotatable bonds is 9. The zero-order valence-corrected chi connectivity index (χ0v) is 15.9. The number of hydrogen-bond acceptors (Lipinski definition) is 6. The van der Waals surface area contributed by atoms with Crippen LogP contribution in [-0.4, -0.2) is 36.6 Å². The number of carbonyl (C=O) groups excluding carboxylic acids is 1. The molecule has 1 aromatic heterocycles. The van der Waals surface area contributed by atoms with Gasteiger partial charge >= 0.3 is 0 Å². The summed E-state index contributed by atoms with van der Waals surface area (Å²) >= 11 is 6.08. The SMILES string of the molecule is CCCCCNc1cc(C(=O)Nc2cc(OC)c(Cl)cc2OC)ncn1. The van der Waals surface area contributed by atoms with Crippen molar-refractivity contribution in [1.82, 2.24) is 9.97 Å². The molecule has 26 heavy (non-hydrogen) atoms. The lowest BCUT2D eigenvalue weighted by Gasteiger charge is -2.13. The van der Waals surface area contributed by atoms with Crippen molar-refractivity contribution in [2.45, 2.75) is 26.2 Å². The first-order chi connectivity index (χ1) is 12.6. The smallest absolute Gasteiger partial charge is 0.274 e. The number of unbranched alkanes of at least 4 members (excludes halogenated alkanes) is 2. The molecule has 0 fully saturated rings. The van der Waals surface area contributed by atoms with E-state index in [0.717, 1.165) is 25.8 Å². The predicted molar refractivity (Wildman–Crippen MR) is 103 cm³/mol. The van der Waals surface area contributed by atoms with Crippen molar-refractivity contribution in [3.8, 4) is 11.5 Å². The molecule has 2 aromatic rings. The molecule has 1 aromatic carbocycles. The number of hydrogen-bond donors (Lipinski definition) is 2. The van der Waals surface area contributed by atoms with Crippen LogP contribution in [0.4, 0.5) is 11.5 Å². The van der Waals surface area contributed by atoms with Crippen molar-refractivity contribution >= 4 is 29.0 Å². The highest BCUT2D eigenvalue weighted by Gasteiger charge is 2.15. The van der Waals surface area contributed by atoms with E-state index < -0.39 is 0 Å². The fourth-order valence-electron chi connectivity index (χ4n) is 2.31. The van der Waals surface area contributed by atoms with Crippen LogP contribution in [0, 0.1) is 0 Å². The average molecular weight is 379 g/mol. The Morgan fingerprint density at radius 1 is 1.12 bits per heavy atom. The molecule has 8 heteroatoms. The van der Waals surface area contributed by atoms with Crippen molar-refractivity contribution in [1.29, 1.82) is 0 Å². The quantitative estimate of drug-likeness (QED) is 0.641. The average Bonchev–Trinajstić information content (AvgIpc) is 2.66. The lowest BCUT2D eigenvalue weighted by molar-refractivity contribution is 0.102. The Morgan fingerprint density at radius 3 is 2.58 bits per heavy atom. The number of benzene rings is 1. The summed E-state index contributed by atoms with van der Waals surface area (Å²) < 4.78 is 10.4. The van der Waals surface area contributed by atoms with Crippen LogP contribution < -0.4 is 20.1 Å². The minimum atomic E-state index is -0.383. The molecule has 7 nitrogen and oxygen atoms in total. The Hall–Kier alpha value is -2.54. The number of methoxy groups -OCH3 is 2. The number of ether oxygens (including phenoxy) is 2. The van der Waals surface area contributed by atoms with E-state index in [1.54, 1.807) is 18.2 Å². The number of nitrogens with one attached hydrogen (secondary N) is 2. The fourth-order valence-corrected chi connectivity index (χ4v) is 2.54. The summed E-state index contributed by atoms with van der Waals surface area (Å²) in [6.07, 6.45) is 4.69. The van der Waals surface area contributed by atoms with Gasteiger partial charge in [0.2, 0.25) is 0 Å². The van der Waals surface area contributed by atoms with Gasteiger partial charge in [0.1, 0.15) is 29.3 Å². The maximum Gasteiger partial charge on any atom is 0.274 e. The summed E-state index contributed by atoms with van der Waals surface area (Å²) in [5.41, 5.74) is 0.684. The van der Waals surface area contributed by atoms with Crippen LogP contribution in [0.15, 0.2) is 24.5 Å². The molecule has 0 radical (unpaired) electrons. The molecule has 140 valence electrons. The molecule has 0 aliphatic rings. The van der Waals surface area contributed by atoms with Crippen molar-refractivity contribution in [3.63, 3.8) is 0 Å². The van der Waals surface area contributed by atoms with E-state index in [9.17, 15) is 4.79 Å². The van der Waals surface area contributed by atoms with Gasteiger partial charge in [-0.3, -0.25) is 4.79 Å². The lowest BCUT2D eigenvalue weighted by Crippen LogP contribution is -2.15. The second-order valence-electron chi connectivity index (χ2n) is 5.56. The van der Waals surface area contributed by atoms with Crippen LogP contribution in [0.25, 0.3) is 0 Å². The van der Waals surface area contributed by atoms with Crippen LogP contribution >= 0.6 is 11.6 Å². The molecule has 0 aliphatic carbocycles.